The van der Waals surface area contributed by atoms with Crippen molar-refractivity contribution in [1.82, 2.24) is 15.1 Å². The summed E-state index contributed by atoms with van der Waals surface area (Å²) in [6, 6.07) is 10.1. The van der Waals surface area contributed by atoms with Gasteiger partial charge in [-0.15, -0.1) is 0 Å². The van der Waals surface area contributed by atoms with Crippen molar-refractivity contribution >= 4 is 22.4 Å². The third-order valence-corrected chi connectivity index (χ3v) is 5.89. The number of amides is 1. The lowest BCUT2D eigenvalue weighted by atomic mass is 9.91. The monoisotopic (exact) mass is 346 g/mol. The van der Waals surface area contributed by atoms with Gasteiger partial charge in [0.25, 0.3) is 5.91 Å². The highest BCUT2D eigenvalue weighted by Gasteiger charge is 2.29. The Bertz CT molecular complexity index is 1010. The molecule has 1 fully saturated rings. The zero-order valence-corrected chi connectivity index (χ0v) is 14.9. The summed E-state index contributed by atoms with van der Waals surface area (Å²) in [5.74, 6) is -0.00518. The molecule has 0 aliphatic carbocycles. The minimum Gasteiger partial charge on any atom is -0.321 e. The first-order valence-electron chi connectivity index (χ1n) is 9.25. The lowest BCUT2D eigenvalue weighted by Crippen LogP contribution is -2.42. The average Bonchev–Trinajstić information content (AvgIpc) is 3.25. The van der Waals surface area contributed by atoms with Crippen molar-refractivity contribution in [3.05, 3.63) is 59.4 Å². The largest absolute Gasteiger partial charge is 0.321 e. The Morgan fingerprint density at radius 1 is 1.19 bits per heavy atom. The molecule has 3 heterocycles. The highest BCUT2D eigenvalue weighted by molar-refractivity contribution is 6.24. The number of piperidine rings is 1. The van der Waals surface area contributed by atoms with Crippen LogP contribution in [-0.2, 0) is 12.0 Å². The smallest absolute Gasteiger partial charge is 0.256 e. The molecule has 1 aromatic heterocycles. The predicted octanol–water partition coefficient (Wildman–Crippen LogP) is 3.29. The summed E-state index contributed by atoms with van der Waals surface area (Å²) in [6.07, 6.45) is 7.20. The van der Waals surface area contributed by atoms with Gasteiger partial charge >= 0.3 is 0 Å². The molecule has 0 atom stereocenters. The van der Waals surface area contributed by atoms with Crippen LogP contribution in [-0.4, -0.2) is 28.8 Å². The lowest BCUT2D eigenvalue weighted by molar-refractivity contribution is 0.103. The number of nitrogens with zero attached hydrogens (tertiary/aromatic N) is 2. The number of hydrogen-bond donors (Lipinski definition) is 2. The number of rotatable bonds is 3. The Morgan fingerprint density at radius 2 is 2.04 bits per heavy atom. The maximum atomic E-state index is 12.1. The molecule has 2 aliphatic rings. The number of anilines is 1. The third kappa shape index (κ3) is 2.35. The Kier molecular flexibility index (Phi) is 3.40. The van der Waals surface area contributed by atoms with E-state index in [2.05, 4.69) is 45.7 Å². The van der Waals surface area contributed by atoms with E-state index in [0.29, 0.717) is 0 Å². The van der Waals surface area contributed by atoms with Gasteiger partial charge < -0.3 is 10.6 Å². The van der Waals surface area contributed by atoms with E-state index in [1.54, 1.807) is 0 Å². The van der Waals surface area contributed by atoms with Gasteiger partial charge in [-0.05, 0) is 61.5 Å². The quantitative estimate of drug-likeness (QED) is 0.765. The van der Waals surface area contributed by atoms with Gasteiger partial charge in [0.1, 0.15) is 0 Å². The van der Waals surface area contributed by atoms with Crippen LogP contribution in [0.4, 0.5) is 5.69 Å². The first-order chi connectivity index (χ1) is 12.6. The number of benzene rings is 2. The summed E-state index contributed by atoms with van der Waals surface area (Å²) in [7, 11) is 0. The molecule has 132 valence electrons. The molecule has 0 saturated carbocycles. The van der Waals surface area contributed by atoms with Crippen molar-refractivity contribution in [3.63, 3.8) is 0 Å². The number of carbonyl (C=O) groups excluding carboxylic acids is 1. The molecular weight excluding hydrogens is 324 g/mol. The van der Waals surface area contributed by atoms with Crippen LogP contribution in [0.2, 0.25) is 0 Å². The van der Waals surface area contributed by atoms with Crippen LogP contribution in [0.15, 0.2) is 42.7 Å². The van der Waals surface area contributed by atoms with Crippen LogP contribution in [0.1, 0.15) is 41.3 Å². The highest BCUT2D eigenvalue weighted by Crippen LogP contribution is 2.35. The van der Waals surface area contributed by atoms with Gasteiger partial charge in [0.15, 0.2) is 0 Å². The molecule has 5 rings (SSSR count). The first kappa shape index (κ1) is 15.6. The molecule has 1 amide bonds. The minimum atomic E-state index is -0.00518. The zero-order chi connectivity index (χ0) is 17.7. The lowest BCUT2D eigenvalue weighted by Gasteiger charge is -2.34. The second-order valence-corrected chi connectivity index (χ2v) is 7.67. The van der Waals surface area contributed by atoms with Crippen molar-refractivity contribution in [3.8, 4) is 0 Å². The molecule has 2 N–H and O–H groups in total. The second-order valence-electron chi connectivity index (χ2n) is 7.67. The summed E-state index contributed by atoms with van der Waals surface area (Å²) >= 11 is 0. The van der Waals surface area contributed by atoms with Crippen LogP contribution >= 0.6 is 0 Å². The van der Waals surface area contributed by atoms with Crippen LogP contribution in [0, 0.1) is 0 Å². The number of hydrogen-bond acceptors (Lipinski definition) is 3. The number of aromatic nitrogens is 2. The molecular formula is C21H22N4O. The second kappa shape index (κ2) is 5.68. The van der Waals surface area contributed by atoms with Crippen molar-refractivity contribution in [2.45, 2.75) is 31.7 Å². The van der Waals surface area contributed by atoms with Gasteiger partial charge in [-0.1, -0.05) is 18.2 Å². The van der Waals surface area contributed by atoms with E-state index in [1.165, 1.54) is 11.1 Å². The van der Waals surface area contributed by atoms with Gasteiger partial charge in [-0.25, -0.2) is 0 Å². The van der Waals surface area contributed by atoms with E-state index < -0.39 is 0 Å². The summed E-state index contributed by atoms with van der Waals surface area (Å²) in [5.41, 5.74) is 4.24. The van der Waals surface area contributed by atoms with Crippen LogP contribution in [0.25, 0.3) is 10.8 Å². The first-order valence-corrected chi connectivity index (χ1v) is 9.25. The van der Waals surface area contributed by atoms with Crippen LogP contribution < -0.4 is 10.6 Å². The molecule has 0 radical (unpaired) electrons. The molecule has 0 bridgehead atoms. The van der Waals surface area contributed by atoms with Crippen LogP contribution in [0.5, 0.6) is 0 Å². The Labute approximate surface area is 152 Å². The van der Waals surface area contributed by atoms with Gasteiger partial charge in [-0.3, -0.25) is 9.48 Å². The molecule has 2 aromatic carbocycles. The zero-order valence-electron chi connectivity index (χ0n) is 14.9. The average molecular weight is 346 g/mol. The van der Waals surface area contributed by atoms with Gasteiger partial charge in [0.05, 0.1) is 11.7 Å². The topological polar surface area (TPSA) is 59.0 Å². The summed E-state index contributed by atoms with van der Waals surface area (Å²) < 4.78 is 2.15. The summed E-state index contributed by atoms with van der Waals surface area (Å²) in [4.78, 5) is 12.1. The molecule has 0 spiro atoms. The maximum absolute atomic E-state index is 12.1. The molecule has 0 unspecified atom stereocenters. The van der Waals surface area contributed by atoms with Crippen molar-refractivity contribution in [2.24, 2.45) is 0 Å². The summed E-state index contributed by atoms with van der Waals surface area (Å²) in [5, 5.41) is 13.2. The Morgan fingerprint density at radius 3 is 2.88 bits per heavy atom. The standard InChI is InChI=1S/C21H22N4O/c1-21(7-9-22-10-8-21)25-13-14(12-23-25)11-15-5-6-18-19-16(15)3-2-4-17(19)20(26)24-18/h2-6,12-13,22H,7-11H2,1H3,(H,24,26). The normalized spacial score (nSPS) is 18.3. The van der Waals surface area contributed by atoms with E-state index in [-0.39, 0.29) is 11.4 Å². The van der Waals surface area contributed by atoms with Gasteiger partial charge in [0.2, 0.25) is 0 Å². The van der Waals surface area contributed by atoms with E-state index in [1.807, 2.05) is 24.4 Å². The SMILES string of the molecule is CC1(n2cc(Cc3ccc4c5c(cccc35)C(=O)N4)cn2)CCNCC1. The Hall–Kier alpha value is -2.66. The molecule has 2 aliphatic heterocycles. The molecule has 1 saturated heterocycles. The molecule has 3 aromatic rings. The van der Waals surface area contributed by atoms with Gasteiger partial charge in [-0.2, -0.15) is 5.10 Å². The molecule has 26 heavy (non-hydrogen) atoms. The minimum absolute atomic E-state index is 0.00518. The van der Waals surface area contributed by atoms with Gasteiger partial charge in [0, 0.05) is 29.3 Å². The predicted molar refractivity (Wildman–Crippen MR) is 103 cm³/mol. The number of nitrogens with one attached hydrogen (secondary N) is 2. The summed E-state index contributed by atoms with van der Waals surface area (Å²) in [6.45, 7) is 4.38. The van der Waals surface area contributed by atoms with E-state index in [0.717, 1.165) is 54.4 Å². The molecule has 5 nitrogen and oxygen atoms in total. The van der Waals surface area contributed by atoms with Crippen LogP contribution in [0.3, 0.4) is 0 Å². The fourth-order valence-corrected chi connectivity index (χ4v) is 4.27. The maximum Gasteiger partial charge on any atom is 0.256 e. The van der Waals surface area contributed by atoms with E-state index in [9.17, 15) is 4.79 Å². The van der Waals surface area contributed by atoms with E-state index in [4.69, 9.17) is 0 Å². The van der Waals surface area contributed by atoms with Crippen molar-refractivity contribution in [2.75, 3.05) is 18.4 Å². The fraction of sp³-hybridized carbons (Fsp3) is 0.333. The van der Waals surface area contributed by atoms with Crippen molar-refractivity contribution in [1.29, 1.82) is 0 Å². The fourth-order valence-electron chi connectivity index (χ4n) is 4.27. The van der Waals surface area contributed by atoms with E-state index >= 15 is 0 Å². The Balaban J connectivity index is 1.50. The van der Waals surface area contributed by atoms with Crippen molar-refractivity contribution < 1.29 is 4.79 Å². The highest BCUT2D eigenvalue weighted by atomic mass is 16.1. The molecule has 5 heteroatoms. The number of carbonyl (C=O) groups is 1. The third-order valence-electron chi connectivity index (χ3n) is 5.89.